The first kappa shape index (κ1) is 21.2. The second kappa shape index (κ2) is 7.72. The Balaban J connectivity index is 1.36. The number of aromatic amines is 1. The number of hydrogen-bond donors (Lipinski definition) is 1. The van der Waals surface area contributed by atoms with Gasteiger partial charge in [0.25, 0.3) is 0 Å². The van der Waals surface area contributed by atoms with Crippen molar-refractivity contribution in [2.24, 2.45) is 10.9 Å². The molecule has 0 aliphatic carbocycles. The molecule has 0 atom stereocenters. The minimum atomic E-state index is 0.346. The van der Waals surface area contributed by atoms with Crippen LogP contribution in [-0.4, -0.2) is 25.9 Å². The van der Waals surface area contributed by atoms with Gasteiger partial charge in [0.1, 0.15) is 18.2 Å². The number of nitrogens with one attached hydrogen (secondary N) is 1. The zero-order valence-electron chi connectivity index (χ0n) is 20.9. The van der Waals surface area contributed by atoms with E-state index in [0.717, 1.165) is 62.5 Å². The maximum atomic E-state index is 6.15. The van der Waals surface area contributed by atoms with E-state index in [0.29, 0.717) is 18.4 Å². The van der Waals surface area contributed by atoms with E-state index in [9.17, 15) is 0 Å². The second-order valence-corrected chi connectivity index (χ2v) is 10.4. The van der Waals surface area contributed by atoms with Crippen molar-refractivity contribution in [3.8, 4) is 28.1 Å². The molecule has 2 aliphatic heterocycles. The highest BCUT2D eigenvalue weighted by molar-refractivity contribution is 6.18. The van der Waals surface area contributed by atoms with E-state index < -0.39 is 0 Å². The molecule has 4 heterocycles. The van der Waals surface area contributed by atoms with Gasteiger partial charge in [0.05, 0.1) is 29.5 Å². The number of ether oxygens (including phenoxy) is 1. The summed E-state index contributed by atoms with van der Waals surface area (Å²) in [5.41, 5.74) is 8.94. The van der Waals surface area contributed by atoms with Crippen molar-refractivity contribution in [2.45, 2.75) is 46.6 Å². The molecule has 0 spiro atoms. The largest absolute Gasteiger partial charge is 0.487 e. The van der Waals surface area contributed by atoms with Crippen molar-refractivity contribution < 1.29 is 4.74 Å². The minimum Gasteiger partial charge on any atom is -0.487 e. The number of rotatable bonds is 3. The lowest BCUT2D eigenvalue weighted by molar-refractivity contribution is 0.298. The highest BCUT2D eigenvalue weighted by Crippen LogP contribution is 2.44. The SMILES string of the molecule is CC(C)C1=Nc2c(c3ccc(-c4ccc5c(c4)OCc4[nH]c(C(C)C)nc4-5)cc3c3cnncc23)C1. The van der Waals surface area contributed by atoms with Crippen LogP contribution in [0, 0.1) is 5.92 Å². The molecule has 6 heteroatoms. The molecular weight excluding hydrogens is 446 g/mol. The van der Waals surface area contributed by atoms with Crippen LogP contribution in [-0.2, 0) is 13.0 Å². The standard InChI is InChI=1S/C30H27N5O/c1-15(2)25-11-22-19-7-5-17(9-21(19)23-12-31-32-13-24(23)28(22)33-25)18-6-8-20-27(10-18)36-14-26-29(20)35-30(34-26)16(3)4/h5-10,12-13,15-16H,11,14H2,1-4H3,(H,34,35). The third-order valence-electron chi connectivity index (χ3n) is 7.47. The lowest BCUT2D eigenvalue weighted by Gasteiger charge is -2.18. The molecule has 0 saturated carbocycles. The fourth-order valence-corrected chi connectivity index (χ4v) is 5.43. The number of hydrogen-bond acceptors (Lipinski definition) is 5. The van der Waals surface area contributed by atoms with Crippen molar-refractivity contribution in [3.05, 3.63) is 65.9 Å². The van der Waals surface area contributed by atoms with Gasteiger partial charge in [-0.25, -0.2) is 4.98 Å². The summed E-state index contributed by atoms with van der Waals surface area (Å²) in [5.74, 6) is 2.64. The van der Waals surface area contributed by atoms with Crippen molar-refractivity contribution in [3.63, 3.8) is 0 Å². The van der Waals surface area contributed by atoms with Crippen LogP contribution in [0.25, 0.3) is 43.9 Å². The summed E-state index contributed by atoms with van der Waals surface area (Å²) < 4.78 is 6.15. The smallest absolute Gasteiger partial charge is 0.130 e. The molecule has 2 aliphatic rings. The first-order chi connectivity index (χ1) is 17.5. The molecule has 6 nitrogen and oxygen atoms in total. The van der Waals surface area contributed by atoms with Crippen molar-refractivity contribution >= 4 is 32.9 Å². The summed E-state index contributed by atoms with van der Waals surface area (Å²) in [6.07, 6.45) is 4.61. The summed E-state index contributed by atoms with van der Waals surface area (Å²) >= 11 is 0. The molecule has 0 radical (unpaired) electrons. The molecule has 0 bridgehead atoms. The Hall–Kier alpha value is -4.06. The summed E-state index contributed by atoms with van der Waals surface area (Å²) in [6.45, 7) is 9.23. The van der Waals surface area contributed by atoms with Gasteiger partial charge in [0, 0.05) is 34.4 Å². The van der Waals surface area contributed by atoms with Gasteiger partial charge in [-0.05, 0) is 51.6 Å². The van der Waals surface area contributed by atoms with Crippen molar-refractivity contribution in [2.75, 3.05) is 0 Å². The number of H-pyrrole nitrogens is 1. The van der Waals surface area contributed by atoms with Crippen LogP contribution in [0.15, 0.2) is 53.8 Å². The minimum absolute atomic E-state index is 0.346. The van der Waals surface area contributed by atoms with E-state index in [1.165, 1.54) is 22.0 Å². The monoisotopic (exact) mass is 473 g/mol. The Bertz CT molecular complexity index is 1730. The molecule has 0 fully saturated rings. The van der Waals surface area contributed by atoms with Gasteiger partial charge >= 0.3 is 0 Å². The fourth-order valence-electron chi connectivity index (χ4n) is 5.43. The van der Waals surface area contributed by atoms with Crippen LogP contribution in [0.1, 0.15) is 50.7 Å². The average Bonchev–Trinajstić information content (AvgIpc) is 3.54. The molecule has 0 unspecified atom stereocenters. The van der Waals surface area contributed by atoms with Gasteiger partial charge in [-0.2, -0.15) is 10.2 Å². The van der Waals surface area contributed by atoms with Crippen LogP contribution in [0.5, 0.6) is 5.75 Å². The highest BCUT2D eigenvalue weighted by Gasteiger charge is 2.25. The average molecular weight is 474 g/mol. The second-order valence-electron chi connectivity index (χ2n) is 10.4. The number of aromatic nitrogens is 4. The van der Waals surface area contributed by atoms with E-state index in [4.69, 9.17) is 14.7 Å². The van der Waals surface area contributed by atoms with Crippen LogP contribution in [0.2, 0.25) is 0 Å². The molecule has 7 rings (SSSR count). The van der Waals surface area contributed by atoms with Crippen LogP contribution in [0.3, 0.4) is 0 Å². The molecule has 36 heavy (non-hydrogen) atoms. The van der Waals surface area contributed by atoms with Gasteiger partial charge in [-0.3, -0.25) is 4.99 Å². The predicted molar refractivity (Wildman–Crippen MR) is 144 cm³/mol. The fraction of sp³-hybridized carbons (Fsp3) is 0.267. The Morgan fingerprint density at radius 2 is 1.61 bits per heavy atom. The normalized spacial score (nSPS) is 14.2. The Labute approximate surface area is 209 Å². The number of imidazole rings is 1. The predicted octanol–water partition coefficient (Wildman–Crippen LogP) is 7.14. The number of fused-ring (bicyclic) bond motifs is 9. The maximum Gasteiger partial charge on any atom is 0.130 e. The van der Waals surface area contributed by atoms with Gasteiger partial charge in [-0.1, -0.05) is 45.9 Å². The highest BCUT2D eigenvalue weighted by atomic mass is 16.5. The van der Waals surface area contributed by atoms with Gasteiger partial charge in [0.15, 0.2) is 0 Å². The maximum absolute atomic E-state index is 6.15. The molecule has 178 valence electrons. The van der Waals surface area contributed by atoms with Crippen molar-refractivity contribution in [1.29, 1.82) is 0 Å². The molecule has 5 aromatic rings. The number of nitrogens with zero attached hydrogens (tertiary/aromatic N) is 4. The number of aliphatic imine (C=N–C) groups is 1. The van der Waals surface area contributed by atoms with Crippen LogP contribution >= 0.6 is 0 Å². The van der Waals surface area contributed by atoms with Gasteiger partial charge < -0.3 is 9.72 Å². The summed E-state index contributed by atoms with van der Waals surface area (Å²) in [5, 5.41) is 13.0. The third kappa shape index (κ3) is 3.10. The molecule has 0 amide bonds. The Morgan fingerprint density at radius 1 is 0.833 bits per heavy atom. The lowest BCUT2D eigenvalue weighted by Crippen LogP contribution is -2.06. The lowest BCUT2D eigenvalue weighted by atomic mass is 9.91. The summed E-state index contributed by atoms with van der Waals surface area (Å²) in [6, 6.07) is 13.2. The Morgan fingerprint density at radius 3 is 2.42 bits per heavy atom. The van der Waals surface area contributed by atoms with E-state index in [1.807, 2.05) is 12.4 Å². The quantitative estimate of drug-likeness (QED) is 0.283. The first-order valence-electron chi connectivity index (χ1n) is 12.6. The molecular formula is C30H27N5O. The summed E-state index contributed by atoms with van der Waals surface area (Å²) in [4.78, 5) is 13.3. The topological polar surface area (TPSA) is 76.0 Å². The third-order valence-corrected chi connectivity index (χ3v) is 7.47. The van der Waals surface area contributed by atoms with E-state index in [1.54, 1.807) is 0 Å². The van der Waals surface area contributed by atoms with E-state index >= 15 is 0 Å². The van der Waals surface area contributed by atoms with Crippen molar-refractivity contribution in [1.82, 2.24) is 20.2 Å². The molecule has 3 aromatic carbocycles. The van der Waals surface area contributed by atoms with Gasteiger partial charge in [-0.15, -0.1) is 0 Å². The Kier molecular flexibility index (Phi) is 4.55. The first-order valence-corrected chi connectivity index (χ1v) is 12.6. The van der Waals surface area contributed by atoms with Gasteiger partial charge in [0.2, 0.25) is 0 Å². The zero-order valence-corrected chi connectivity index (χ0v) is 20.9. The van der Waals surface area contributed by atoms with Crippen LogP contribution in [0.4, 0.5) is 5.69 Å². The van der Waals surface area contributed by atoms with Crippen LogP contribution < -0.4 is 4.74 Å². The number of benzene rings is 3. The molecule has 1 N–H and O–H groups in total. The molecule has 0 saturated heterocycles. The zero-order chi connectivity index (χ0) is 24.6. The van der Waals surface area contributed by atoms with E-state index in [2.05, 4.69) is 79.3 Å². The molecule has 2 aromatic heterocycles. The van der Waals surface area contributed by atoms with E-state index in [-0.39, 0.29) is 0 Å². The summed E-state index contributed by atoms with van der Waals surface area (Å²) in [7, 11) is 0.